The first-order valence-corrected chi connectivity index (χ1v) is 13.8. The second-order valence-electron chi connectivity index (χ2n) is 9.49. The van der Waals surface area contributed by atoms with Gasteiger partial charge in [-0.05, 0) is 65.9 Å². The Morgan fingerprint density at radius 1 is 0.900 bits per heavy atom. The molecule has 1 saturated heterocycles. The summed E-state index contributed by atoms with van der Waals surface area (Å²) in [6.45, 7) is 11.5. The SMILES string of the molecule is CC.Cc1ccc(N2CCN(CCNC(=O)c3ccc(Nc4nc5ccccc5n5nnnc45)cc3)CC2)cc1. The minimum Gasteiger partial charge on any atom is -0.369 e. The number of fused-ring (bicyclic) bond motifs is 3. The molecule has 0 unspecified atom stereocenters. The number of benzene rings is 3. The van der Waals surface area contributed by atoms with Gasteiger partial charge in [0.25, 0.3) is 5.91 Å². The highest BCUT2D eigenvalue weighted by Crippen LogP contribution is 2.23. The van der Waals surface area contributed by atoms with Crippen molar-refractivity contribution >= 4 is 39.8 Å². The number of carbonyl (C=O) groups excluding carboxylic acids is 1. The molecule has 5 aromatic rings. The molecule has 206 valence electrons. The lowest BCUT2D eigenvalue weighted by molar-refractivity contribution is 0.0948. The summed E-state index contributed by atoms with van der Waals surface area (Å²) in [6.07, 6.45) is 0. The zero-order chi connectivity index (χ0) is 27.9. The third kappa shape index (κ3) is 6.02. The number of nitrogens with one attached hydrogen (secondary N) is 2. The van der Waals surface area contributed by atoms with E-state index in [0.29, 0.717) is 23.6 Å². The van der Waals surface area contributed by atoms with E-state index in [1.54, 1.807) is 16.6 Å². The lowest BCUT2D eigenvalue weighted by Crippen LogP contribution is -2.48. The molecule has 10 nitrogen and oxygen atoms in total. The van der Waals surface area contributed by atoms with Crippen molar-refractivity contribution < 1.29 is 4.79 Å². The second kappa shape index (κ2) is 12.5. The number of hydrogen-bond donors (Lipinski definition) is 2. The fourth-order valence-electron chi connectivity index (χ4n) is 4.75. The molecule has 3 heterocycles. The molecule has 6 rings (SSSR count). The van der Waals surface area contributed by atoms with Gasteiger partial charge in [0.1, 0.15) is 0 Å². The highest BCUT2D eigenvalue weighted by Gasteiger charge is 2.17. The number of aromatic nitrogens is 5. The number of hydrogen-bond acceptors (Lipinski definition) is 8. The van der Waals surface area contributed by atoms with Crippen molar-refractivity contribution in [1.82, 2.24) is 35.2 Å². The summed E-state index contributed by atoms with van der Waals surface area (Å²) in [6, 6.07) is 23.7. The second-order valence-corrected chi connectivity index (χ2v) is 9.49. The average Bonchev–Trinajstić information content (AvgIpc) is 3.50. The molecular formula is C30H35N9O. The molecule has 1 aliphatic heterocycles. The zero-order valence-corrected chi connectivity index (χ0v) is 23.2. The van der Waals surface area contributed by atoms with E-state index in [9.17, 15) is 4.79 Å². The molecule has 0 bridgehead atoms. The van der Waals surface area contributed by atoms with Crippen LogP contribution in [0.5, 0.6) is 0 Å². The molecule has 1 aliphatic rings. The van der Waals surface area contributed by atoms with E-state index < -0.39 is 0 Å². The molecule has 2 N–H and O–H groups in total. The topological polar surface area (TPSA) is 104 Å². The predicted octanol–water partition coefficient (Wildman–Crippen LogP) is 4.30. The van der Waals surface area contributed by atoms with E-state index in [2.05, 4.69) is 72.1 Å². The minimum absolute atomic E-state index is 0.0808. The molecule has 0 radical (unpaired) electrons. The lowest BCUT2D eigenvalue weighted by Gasteiger charge is -2.36. The number of amides is 1. The number of aryl methyl sites for hydroxylation is 1. The molecule has 0 atom stereocenters. The predicted molar refractivity (Wildman–Crippen MR) is 159 cm³/mol. The molecule has 1 amide bonds. The van der Waals surface area contributed by atoms with Gasteiger partial charge in [-0.3, -0.25) is 9.69 Å². The molecule has 0 aliphatic carbocycles. The molecule has 10 heteroatoms. The van der Waals surface area contributed by atoms with Gasteiger partial charge in [-0.15, -0.1) is 5.10 Å². The van der Waals surface area contributed by atoms with Crippen molar-refractivity contribution in [3.63, 3.8) is 0 Å². The van der Waals surface area contributed by atoms with Crippen molar-refractivity contribution in [1.29, 1.82) is 0 Å². The fraction of sp³-hybridized carbons (Fsp3) is 0.300. The molecule has 1 fully saturated rings. The maximum absolute atomic E-state index is 12.7. The number of piperazine rings is 1. The molecule has 0 saturated carbocycles. The molecule has 3 aromatic carbocycles. The summed E-state index contributed by atoms with van der Waals surface area (Å²) in [7, 11) is 0. The third-order valence-corrected chi connectivity index (χ3v) is 6.92. The first kappa shape index (κ1) is 27.0. The molecule has 40 heavy (non-hydrogen) atoms. The van der Waals surface area contributed by atoms with Gasteiger partial charge in [-0.2, -0.15) is 4.52 Å². The van der Waals surface area contributed by atoms with E-state index in [0.717, 1.165) is 49.4 Å². The molecule has 0 spiro atoms. The number of rotatable bonds is 7. The largest absolute Gasteiger partial charge is 0.369 e. The van der Waals surface area contributed by atoms with E-state index in [1.807, 2.05) is 50.2 Å². The zero-order valence-electron chi connectivity index (χ0n) is 23.2. The Balaban J connectivity index is 0.00000158. The minimum atomic E-state index is -0.0808. The number of tetrazole rings is 1. The number of para-hydroxylation sites is 2. The van der Waals surface area contributed by atoms with Crippen LogP contribution < -0.4 is 15.5 Å². The fourth-order valence-corrected chi connectivity index (χ4v) is 4.75. The Morgan fingerprint density at radius 2 is 1.62 bits per heavy atom. The Kier molecular flexibility index (Phi) is 8.46. The third-order valence-electron chi connectivity index (χ3n) is 6.92. The van der Waals surface area contributed by atoms with Gasteiger partial charge in [0.05, 0.1) is 11.0 Å². The summed E-state index contributed by atoms with van der Waals surface area (Å²) in [4.78, 5) is 22.2. The quantitative estimate of drug-likeness (QED) is 0.317. The highest BCUT2D eigenvalue weighted by molar-refractivity contribution is 5.94. The Labute approximate surface area is 234 Å². The van der Waals surface area contributed by atoms with Crippen LogP contribution in [0.15, 0.2) is 72.8 Å². The van der Waals surface area contributed by atoms with Gasteiger partial charge in [-0.1, -0.05) is 43.7 Å². The van der Waals surface area contributed by atoms with Crippen molar-refractivity contribution in [3.8, 4) is 0 Å². The van der Waals surface area contributed by atoms with Crippen molar-refractivity contribution in [2.45, 2.75) is 20.8 Å². The van der Waals surface area contributed by atoms with Gasteiger partial charge in [0, 0.05) is 56.2 Å². The van der Waals surface area contributed by atoms with Crippen molar-refractivity contribution in [3.05, 3.63) is 83.9 Å². The highest BCUT2D eigenvalue weighted by atomic mass is 16.1. The van der Waals surface area contributed by atoms with Crippen LogP contribution in [0.1, 0.15) is 29.8 Å². The Morgan fingerprint density at radius 3 is 2.38 bits per heavy atom. The van der Waals surface area contributed by atoms with Gasteiger partial charge in [0.15, 0.2) is 5.82 Å². The maximum Gasteiger partial charge on any atom is 0.251 e. The van der Waals surface area contributed by atoms with Crippen molar-refractivity contribution in [2.75, 3.05) is 49.5 Å². The summed E-state index contributed by atoms with van der Waals surface area (Å²) in [5.41, 5.74) is 6.11. The van der Waals surface area contributed by atoms with Gasteiger partial charge in [-0.25, -0.2) is 4.98 Å². The Hall–Kier alpha value is -4.57. The summed E-state index contributed by atoms with van der Waals surface area (Å²) >= 11 is 0. The summed E-state index contributed by atoms with van der Waals surface area (Å²) in [5.74, 6) is 0.469. The van der Waals surface area contributed by atoms with Crippen LogP contribution in [-0.2, 0) is 0 Å². The van der Waals surface area contributed by atoms with E-state index >= 15 is 0 Å². The van der Waals surface area contributed by atoms with Gasteiger partial charge in [0.2, 0.25) is 5.65 Å². The number of nitrogens with zero attached hydrogens (tertiary/aromatic N) is 7. The Bertz CT molecular complexity index is 1560. The molecular weight excluding hydrogens is 502 g/mol. The van der Waals surface area contributed by atoms with Crippen LogP contribution in [0.4, 0.5) is 17.2 Å². The molecule has 2 aromatic heterocycles. The van der Waals surface area contributed by atoms with Crippen LogP contribution in [0.25, 0.3) is 16.7 Å². The summed E-state index contributed by atoms with van der Waals surface area (Å²) < 4.78 is 1.66. The average molecular weight is 538 g/mol. The van der Waals surface area contributed by atoms with E-state index in [-0.39, 0.29) is 5.91 Å². The van der Waals surface area contributed by atoms with Crippen LogP contribution in [0.2, 0.25) is 0 Å². The van der Waals surface area contributed by atoms with Crippen LogP contribution in [0.3, 0.4) is 0 Å². The monoisotopic (exact) mass is 537 g/mol. The van der Waals surface area contributed by atoms with Crippen molar-refractivity contribution in [2.24, 2.45) is 0 Å². The first-order chi connectivity index (χ1) is 19.6. The lowest BCUT2D eigenvalue weighted by atomic mass is 10.2. The standard InChI is InChI=1S/C28H29N9O.C2H6/c1-20-6-12-23(13-7-20)36-18-16-35(17-19-36)15-14-29-28(38)21-8-10-22(11-9-21)30-26-27-32-33-34-37(27)25-5-3-2-4-24(25)31-26;1-2/h2-13H,14-19H2,1H3,(H,29,38)(H,30,31);1-2H3. The van der Waals surface area contributed by atoms with Crippen LogP contribution in [0, 0.1) is 6.92 Å². The van der Waals surface area contributed by atoms with Crippen LogP contribution in [-0.4, -0.2) is 75.1 Å². The first-order valence-electron chi connectivity index (χ1n) is 13.8. The maximum atomic E-state index is 12.7. The summed E-state index contributed by atoms with van der Waals surface area (Å²) in [5, 5.41) is 18.3. The van der Waals surface area contributed by atoms with Gasteiger partial charge < -0.3 is 15.5 Å². The normalized spacial score (nSPS) is 13.6. The number of anilines is 3. The smallest absolute Gasteiger partial charge is 0.251 e. The van der Waals surface area contributed by atoms with Crippen LogP contribution >= 0.6 is 0 Å². The van der Waals surface area contributed by atoms with Gasteiger partial charge >= 0.3 is 0 Å². The number of carbonyl (C=O) groups is 1. The van der Waals surface area contributed by atoms with E-state index in [1.165, 1.54) is 11.3 Å². The van der Waals surface area contributed by atoms with E-state index in [4.69, 9.17) is 0 Å².